The van der Waals surface area contributed by atoms with Gasteiger partial charge in [0.1, 0.15) is 22.8 Å². The zero-order valence-corrected chi connectivity index (χ0v) is 13.4. The van der Waals surface area contributed by atoms with Gasteiger partial charge in [0.05, 0.1) is 18.6 Å². The minimum atomic E-state index is -0.740. The summed E-state index contributed by atoms with van der Waals surface area (Å²) in [5.74, 6) is -1.47. The maximum absolute atomic E-state index is 14.1. The van der Waals surface area contributed by atoms with Crippen LogP contribution >= 0.6 is 0 Å². The summed E-state index contributed by atoms with van der Waals surface area (Å²) in [4.78, 5) is 16.9. The zero-order chi connectivity index (χ0) is 18.3. The lowest BCUT2D eigenvalue weighted by Crippen LogP contribution is -2.07. The van der Waals surface area contributed by atoms with Gasteiger partial charge in [-0.3, -0.25) is 4.98 Å². The molecule has 0 amide bonds. The predicted octanol–water partition coefficient (Wildman–Crippen LogP) is 2.38. The van der Waals surface area contributed by atoms with Gasteiger partial charge in [0, 0.05) is 17.4 Å². The Labute approximate surface area is 146 Å². The number of hydrogen-bond donors (Lipinski definition) is 2. The van der Waals surface area contributed by atoms with E-state index in [2.05, 4.69) is 19.9 Å². The molecule has 4 aromatic rings. The van der Waals surface area contributed by atoms with E-state index in [-0.39, 0.29) is 23.7 Å². The average Bonchev–Trinajstić information content (AvgIpc) is 3.00. The molecule has 0 unspecified atom stereocenters. The van der Waals surface area contributed by atoms with Gasteiger partial charge in [-0.05, 0) is 24.3 Å². The number of nitrogens with zero attached hydrogens (tertiary/aromatic N) is 5. The van der Waals surface area contributed by atoms with Crippen molar-refractivity contribution in [2.75, 3.05) is 11.5 Å². The van der Waals surface area contributed by atoms with Crippen LogP contribution in [0, 0.1) is 11.6 Å². The molecule has 26 heavy (non-hydrogen) atoms. The number of fused-ring (bicyclic) bond motifs is 1. The van der Waals surface area contributed by atoms with E-state index in [1.165, 1.54) is 10.9 Å². The van der Waals surface area contributed by atoms with Crippen LogP contribution in [-0.4, -0.2) is 24.5 Å². The monoisotopic (exact) mass is 353 g/mol. The van der Waals surface area contributed by atoms with Gasteiger partial charge in [0.25, 0.3) is 0 Å². The third-order valence-corrected chi connectivity index (χ3v) is 3.88. The Hall–Kier alpha value is -3.62. The molecule has 0 aliphatic carbocycles. The molecule has 3 heterocycles. The van der Waals surface area contributed by atoms with Gasteiger partial charge in [-0.15, -0.1) is 0 Å². The maximum Gasteiger partial charge on any atom is 0.222 e. The fourth-order valence-electron chi connectivity index (χ4n) is 2.70. The smallest absolute Gasteiger partial charge is 0.222 e. The molecular formula is C17H13F2N7. The second kappa shape index (κ2) is 6.03. The summed E-state index contributed by atoms with van der Waals surface area (Å²) in [7, 11) is 0. The molecule has 130 valence electrons. The molecule has 1 aromatic carbocycles. The van der Waals surface area contributed by atoms with Crippen LogP contribution in [0.4, 0.5) is 20.4 Å². The first-order valence-electron chi connectivity index (χ1n) is 7.66. The van der Waals surface area contributed by atoms with Gasteiger partial charge in [0.2, 0.25) is 5.95 Å². The Morgan fingerprint density at radius 2 is 1.77 bits per heavy atom. The van der Waals surface area contributed by atoms with Crippen LogP contribution in [0.25, 0.3) is 22.6 Å². The van der Waals surface area contributed by atoms with Crippen LogP contribution in [0.5, 0.6) is 0 Å². The van der Waals surface area contributed by atoms with Crippen LogP contribution in [0.1, 0.15) is 5.56 Å². The van der Waals surface area contributed by atoms with E-state index in [9.17, 15) is 8.78 Å². The Bertz CT molecular complexity index is 1090. The maximum atomic E-state index is 14.1. The Kier molecular flexibility index (Phi) is 3.68. The molecule has 0 saturated heterocycles. The highest BCUT2D eigenvalue weighted by Gasteiger charge is 2.17. The number of pyridine rings is 1. The van der Waals surface area contributed by atoms with Crippen LogP contribution < -0.4 is 11.5 Å². The average molecular weight is 353 g/mol. The molecule has 0 bridgehead atoms. The van der Waals surface area contributed by atoms with Crippen molar-refractivity contribution >= 4 is 22.8 Å². The first kappa shape index (κ1) is 15.9. The summed E-state index contributed by atoms with van der Waals surface area (Å²) in [5.41, 5.74) is 12.9. The van der Waals surface area contributed by atoms with E-state index in [1.54, 1.807) is 18.3 Å². The lowest BCUT2D eigenvalue weighted by Gasteiger charge is -2.08. The normalized spacial score (nSPS) is 11.2. The fourth-order valence-corrected chi connectivity index (χ4v) is 2.70. The molecule has 0 atom stereocenters. The highest BCUT2D eigenvalue weighted by Crippen LogP contribution is 2.25. The van der Waals surface area contributed by atoms with E-state index in [0.29, 0.717) is 22.6 Å². The standard InChI is InChI=1S/C17H13F2N7/c18-11-5-9(20)6-12(19)10(11)7-26-8-23-15-14(13-3-1-2-4-22-13)24-17(21)25-16(15)26/h1-6,8H,7,20H2,(H2,21,24,25). The molecular weight excluding hydrogens is 340 g/mol. The van der Waals surface area contributed by atoms with Gasteiger partial charge >= 0.3 is 0 Å². The van der Waals surface area contributed by atoms with E-state index in [0.717, 1.165) is 12.1 Å². The molecule has 9 heteroatoms. The number of nitrogen functional groups attached to an aromatic ring is 2. The predicted molar refractivity (Wildman–Crippen MR) is 92.8 cm³/mol. The highest BCUT2D eigenvalue weighted by atomic mass is 19.1. The van der Waals surface area contributed by atoms with E-state index in [4.69, 9.17) is 11.5 Å². The highest BCUT2D eigenvalue weighted by molar-refractivity contribution is 5.87. The fraction of sp³-hybridized carbons (Fsp3) is 0.0588. The number of halogens is 2. The first-order chi connectivity index (χ1) is 12.5. The first-order valence-corrected chi connectivity index (χ1v) is 7.66. The van der Waals surface area contributed by atoms with Crippen molar-refractivity contribution in [3.63, 3.8) is 0 Å². The summed E-state index contributed by atoms with van der Waals surface area (Å²) in [5, 5.41) is 0. The third-order valence-electron chi connectivity index (χ3n) is 3.88. The number of imidazole rings is 1. The van der Waals surface area contributed by atoms with Crippen molar-refractivity contribution in [1.29, 1.82) is 0 Å². The molecule has 0 aliphatic heterocycles. The lowest BCUT2D eigenvalue weighted by atomic mass is 10.1. The summed E-state index contributed by atoms with van der Waals surface area (Å²) in [6.45, 7) is -0.118. The van der Waals surface area contributed by atoms with Crippen molar-refractivity contribution < 1.29 is 8.78 Å². The Morgan fingerprint density at radius 3 is 2.46 bits per heavy atom. The van der Waals surface area contributed by atoms with Crippen molar-refractivity contribution in [3.05, 3.63) is 60.1 Å². The molecule has 0 saturated carbocycles. The quantitative estimate of drug-likeness (QED) is 0.548. The Morgan fingerprint density at radius 1 is 1.00 bits per heavy atom. The minimum Gasteiger partial charge on any atom is -0.399 e. The molecule has 0 aliphatic rings. The summed E-state index contributed by atoms with van der Waals surface area (Å²) < 4.78 is 29.7. The van der Waals surface area contributed by atoms with Crippen molar-refractivity contribution in [2.24, 2.45) is 0 Å². The van der Waals surface area contributed by atoms with Gasteiger partial charge in [-0.2, -0.15) is 4.98 Å². The number of aromatic nitrogens is 5. The second-order valence-corrected chi connectivity index (χ2v) is 5.65. The Balaban J connectivity index is 1.85. The van der Waals surface area contributed by atoms with Crippen LogP contribution in [-0.2, 0) is 6.54 Å². The molecule has 0 fully saturated rings. The molecule has 0 spiro atoms. The lowest BCUT2D eigenvalue weighted by molar-refractivity contribution is 0.547. The van der Waals surface area contributed by atoms with Gasteiger partial charge in [-0.25, -0.2) is 18.7 Å². The van der Waals surface area contributed by atoms with E-state index < -0.39 is 11.6 Å². The summed E-state index contributed by atoms with van der Waals surface area (Å²) in [6, 6.07) is 7.49. The summed E-state index contributed by atoms with van der Waals surface area (Å²) >= 11 is 0. The topological polar surface area (TPSA) is 109 Å². The number of rotatable bonds is 3. The van der Waals surface area contributed by atoms with Gasteiger partial charge in [-0.1, -0.05) is 6.07 Å². The van der Waals surface area contributed by atoms with E-state index >= 15 is 0 Å². The summed E-state index contributed by atoms with van der Waals surface area (Å²) in [6.07, 6.45) is 3.05. The second-order valence-electron chi connectivity index (χ2n) is 5.65. The number of anilines is 2. The zero-order valence-electron chi connectivity index (χ0n) is 13.4. The molecule has 4 N–H and O–H groups in total. The SMILES string of the molecule is Nc1cc(F)c(Cn2cnc3c(-c4ccccn4)nc(N)nc32)c(F)c1. The van der Waals surface area contributed by atoms with Crippen molar-refractivity contribution in [3.8, 4) is 11.4 Å². The van der Waals surface area contributed by atoms with Crippen LogP contribution in [0.15, 0.2) is 42.9 Å². The van der Waals surface area contributed by atoms with Crippen molar-refractivity contribution in [2.45, 2.75) is 6.54 Å². The number of benzene rings is 1. The van der Waals surface area contributed by atoms with E-state index in [1.807, 2.05) is 6.07 Å². The molecule has 0 radical (unpaired) electrons. The van der Waals surface area contributed by atoms with Gasteiger partial charge < -0.3 is 16.0 Å². The number of hydrogen-bond acceptors (Lipinski definition) is 6. The van der Waals surface area contributed by atoms with Crippen LogP contribution in [0.3, 0.4) is 0 Å². The largest absolute Gasteiger partial charge is 0.399 e. The third kappa shape index (κ3) is 2.69. The molecule has 4 rings (SSSR count). The number of nitrogens with two attached hydrogens (primary N) is 2. The minimum absolute atomic E-state index is 0.0122. The van der Waals surface area contributed by atoms with Gasteiger partial charge in [0.15, 0.2) is 5.65 Å². The van der Waals surface area contributed by atoms with Crippen LogP contribution in [0.2, 0.25) is 0 Å². The molecule has 7 nitrogen and oxygen atoms in total. The van der Waals surface area contributed by atoms with Crippen molar-refractivity contribution in [1.82, 2.24) is 24.5 Å². The molecule has 3 aromatic heterocycles.